The molecule has 1 N–H and O–H groups in total. The van der Waals surface area contributed by atoms with Crippen molar-refractivity contribution in [3.8, 4) is 0 Å². The number of hydrogen-bond donors (Lipinski definition) is 1. The van der Waals surface area contributed by atoms with Gasteiger partial charge < -0.3 is 5.32 Å². The van der Waals surface area contributed by atoms with Gasteiger partial charge in [0.15, 0.2) is 0 Å². The fourth-order valence-corrected chi connectivity index (χ4v) is 3.67. The third-order valence-corrected chi connectivity index (χ3v) is 5.03. The Bertz CT molecular complexity index is 411. The highest BCUT2D eigenvalue weighted by Crippen LogP contribution is 2.25. The van der Waals surface area contributed by atoms with E-state index in [1.54, 1.807) is 0 Å². The lowest BCUT2D eigenvalue weighted by molar-refractivity contribution is 0.171. The zero-order valence-corrected chi connectivity index (χ0v) is 14.4. The number of likely N-dealkylation sites (tertiary alicyclic amines) is 1. The quantitative estimate of drug-likeness (QED) is 0.836. The summed E-state index contributed by atoms with van der Waals surface area (Å²) in [4.78, 5) is 2.60. The van der Waals surface area contributed by atoms with Gasteiger partial charge in [0, 0.05) is 17.6 Å². The standard InChI is InChI=1S/C17H27BrN2/c1-3-4-14-7-9-20(10-8-14)13-16-6-5-15(12-19-2)11-17(16)18/h5-6,11,14,19H,3-4,7-10,12-13H2,1-2H3. The number of halogens is 1. The molecule has 0 saturated carbocycles. The minimum atomic E-state index is 0.932. The monoisotopic (exact) mass is 338 g/mol. The molecule has 20 heavy (non-hydrogen) atoms. The van der Waals surface area contributed by atoms with Crippen molar-refractivity contribution < 1.29 is 0 Å². The van der Waals surface area contributed by atoms with Gasteiger partial charge in [-0.05, 0) is 56.1 Å². The molecular weight excluding hydrogens is 312 g/mol. The maximum absolute atomic E-state index is 3.73. The van der Waals surface area contributed by atoms with Gasteiger partial charge in [0.05, 0.1) is 0 Å². The van der Waals surface area contributed by atoms with Crippen molar-refractivity contribution in [2.24, 2.45) is 5.92 Å². The third kappa shape index (κ3) is 4.57. The molecule has 0 aromatic heterocycles. The smallest absolute Gasteiger partial charge is 0.0244 e. The molecule has 0 aliphatic carbocycles. The second-order valence-corrected chi connectivity index (χ2v) is 6.82. The molecule has 0 bridgehead atoms. The fraction of sp³-hybridized carbons (Fsp3) is 0.647. The van der Waals surface area contributed by atoms with Crippen LogP contribution in [0.1, 0.15) is 43.7 Å². The summed E-state index contributed by atoms with van der Waals surface area (Å²) in [5.74, 6) is 0.970. The van der Waals surface area contributed by atoms with Gasteiger partial charge in [-0.15, -0.1) is 0 Å². The summed E-state index contributed by atoms with van der Waals surface area (Å²) in [6.45, 7) is 6.83. The molecule has 1 fully saturated rings. The van der Waals surface area contributed by atoms with Crippen molar-refractivity contribution >= 4 is 15.9 Å². The van der Waals surface area contributed by atoms with E-state index < -0.39 is 0 Å². The van der Waals surface area contributed by atoms with Crippen molar-refractivity contribution in [2.75, 3.05) is 20.1 Å². The van der Waals surface area contributed by atoms with Crippen LogP contribution in [-0.2, 0) is 13.1 Å². The van der Waals surface area contributed by atoms with Crippen molar-refractivity contribution in [1.29, 1.82) is 0 Å². The molecule has 1 aliphatic heterocycles. The van der Waals surface area contributed by atoms with Gasteiger partial charge in [0.25, 0.3) is 0 Å². The highest BCUT2D eigenvalue weighted by Gasteiger charge is 2.19. The van der Waals surface area contributed by atoms with Gasteiger partial charge in [-0.25, -0.2) is 0 Å². The van der Waals surface area contributed by atoms with Crippen LogP contribution in [-0.4, -0.2) is 25.0 Å². The summed E-state index contributed by atoms with van der Waals surface area (Å²) in [5.41, 5.74) is 2.75. The van der Waals surface area contributed by atoms with Crippen molar-refractivity contribution in [1.82, 2.24) is 10.2 Å². The predicted octanol–water partition coefficient (Wildman–Crippen LogP) is 4.18. The van der Waals surface area contributed by atoms with Crippen molar-refractivity contribution in [3.63, 3.8) is 0 Å². The van der Waals surface area contributed by atoms with Crippen LogP contribution < -0.4 is 5.32 Å². The maximum Gasteiger partial charge on any atom is 0.0244 e. The fourth-order valence-electron chi connectivity index (χ4n) is 3.12. The van der Waals surface area contributed by atoms with E-state index >= 15 is 0 Å². The summed E-state index contributed by atoms with van der Waals surface area (Å²) in [7, 11) is 1.99. The lowest BCUT2D eigenvalue weighted by atomic mass is 9.92. The molecule has 0 amide bonds. The minimum Gasteiger partial charge on any atom is -0.316 e. The third-order valence-electron chi connectivity index (χ3n) is 4.30. The highest BCUT2D eigenvalue weighted by molar-refractivity contribution is 9.10. The molecule has 1 aliphatic rings. The van der Waals surface area contributed by atoms with Gasteiger partial charge in [-0.2, -0.15) is 0 Å². The SMILES string of the molecule is CCCC1CCN(Cc2ccc(CNC)cc2Br)CC1. The first-order valence-corrected chi connectivity index (χ1v) is 8.66. The Morgan fingerprint density at radius 1 is 1.30 bits per heavy atom. The minimum absolute atomic E-state index is 0.932. The molecule has 1 aromatic carbocycles. The molecule has 1 saturated heterocycles. The molecule has 2 nitrogen and oxygen atoms in total. The van der Waals surface area contributed by atoms with E-state index in [0.717, 1.165) is 19.0 Å². The van der Waals surface area contributed by atoms with E-state index in [1.807, 2.05) is 7.05 Å². The first kappa shape index (κ1) is 16.0. The molecule has 1 heterocycles. The predicted molar refractivity (Wildman–Crippen MR) is 89.8 cm³/mol. The first-order chi connectivity index (χ1) is 9.72. The zero-order valence-electron chi connectivity index (χ0n) is 12.8. The highest BCUT2D eigenvalue weighted by atomic mass is 79.9. The number of piperidine rings is 1. The van der Waals surface area contributed by atoms with Gasteiger partial charge >= 0.3 is 0 Å². The first-order valence-electron chi connectivity index (χ1n) is 7.87. The van der Waals surface area contributed by atoms with Crippen LogP contribution in [0.25, 0.3) is 0 Å². The number of nitrogens with one attached hydrogen (secondary N) is 1. The molecular formula is C17H27BrN2. The van der Waals surface area contributed by atoms with Gasteiger partial charge in [-0.1, -0.05) is 47.8 Å². The summed E-state index contributed by atoms with van der Waals surface area (Å²) in [6, 6.07) is 6.75. The second-order valence-electron chi connectivity index (χ2n) is 5.96. The van der Waals surface area contributed by atoms with Crippen LogP contribution in [0.2, 0.25) is 0 Å². The average molecular weight is 339 g/mol. The van der Waals surface area contributed by atoms with Crippen molar-refractivity contribution in [2.45, 2.75) is 45.7 Å². The molecule has 112 valence electrons. The molecule has 2 rings (SSSR count). The number of rotatable bonds is 6. The van der Waals surface area contributed by atoms with Crippen LogP contribution in [0.3, 0.4) is 0 Å². The number of benzene rings is 1. The number of hydrogen-bond acceptors (Lipinski definition) is 2. The summed E-state index contributed by atoms with van der Waals surface area (Å²) >= 11 is 3.73. The van der Waals surface area contributed by atoms with Gasteiger partial charge in [0.2, 0.25) is 0 Å². The van der Waals surface area contributed by atoms with E-state index in [1.165, 1.54) is 54.4 Å². The van der Waals surface area contributed by atoms with E-state index in [4.69, 9.17) is 0 Å². The molecule has 0 atom stereocenters. The van der Waals surface area contributed by atoms with Gasteiger partial charge in [-0.3, -0.25) is 4.90 Å². The Labute approximate surface area is 132 Å². The van der Waals surface area contributed by atoms with Crippen LogP contribution in [0.4, 0.5) is 0 Å². The summed E-state index contributed by atoms with van der Waals surface area (Å²) < 4.78 is 1.25. The summed E-state index contributed by atoms with van der Waals surface area (Å²) in [5, 5.41) is 3.20. The topological polar surface area (TPSA) is 15.3 Å². The molecule has 3 heteroatoms. The Morgan fingerprint density at radius 2 is 2.05 bits per heavy atom. The largest absolute Gasteiger partial charge is 0.316 e. The Kier molecular flexibility index (Phi) is 6.53. The Hall–Kier alpha value is -0.380. The van der Waals surface area contributed by atoms with E-state index in [9.17, 15) is 0 Å². The van der Waals surface area contributed by atoms with Crippen LogP contribution >= 0.6 is 15.9 Å². The molecule has 0 spiro atoms. The maximum atomic E-state index is 3.73. The average Bonchev–Trinajstić information content (AvgIpc) is 2.44. The van der Waals surface area contributed by atoms with E-state index in [0.29, 0.717) is 0 Å². The Balaban J connectivity index is 1.88. The Morgan fingerprint density at radius 3 is 2.65 bits per heavy atom. The normalized spacial score (nSPS) is 17.6. The van der Waals surface area contributed by atoms with Crippen LogP contribution in [0, 0.1) is 5.92 Å². The molecule has 0 unspecified atom stereocenters. The zero-order chi connectivity index (χ0) is 14.4. The molecule has 0 radical (unpaired) electrons. The molecule has 1 aromatic rings. The summed E-state index contributed by atoms with van der Waals surface area (Å²) in [6.07, 6.45) is 5.51. The lowest BCUT2D eigenvalue weighted by Crippen LogP contribution is -2.33. The van der Waals surface area contributed by atoms with E-state index in [2.05, 4.69) is 51.3 Å². The van der Waals surface area contributed by atoms with Gasteiger partial charge in [0.1, 0.15) is 0 Å². The lowest BCUT2D eigenvalue weighted by Gasteiger charge is -2.32. The van der Waals surface area contributed by atoms with Crippen LogP contribution in [0.15, 0.2) is 22.7 Å². The number of nitrogens with zero attached hydrogens (tertiary/aromatic N) is 1. The van der Waals surface area contributed by atoms with Crippen molar-refractivity contribution in [3.05, 3.63) is 33.8 Å². The van der Waals surface area contributed by atoms with Crippen LogP contribution in [0.5, 0.6) is 0 Å². The van der Waals surface area contributed by atoms with E-state index in [-0.39, 0.29) is 0 Å². The second kappa shape index (κ2) is 8.16.